The van der Waals surface area contributed by atoms with E-state index in [1.54, 1.807) is 0 Å². The zero-order valence-corrected chi connectivity index (χ0v) is 11.6. The van der Waals surface area contributed by atoms with Crippen LogP contribution in [-0.2, 0) is 4.79 Å². The van der Waals surface area contributed by atoms with Crippen molar-refractivity contribution in [1.29, 1.82) is 0 Å². The fourth-order valence-electron chi connectivity index (χ4n) is 3.12. The summed E-state index contributed by atoms with van der Waals surface area (Å²) < 4.78 is 0. The number of hydrogen-bond donors (Lipinski definition) is 2. The molecule has 0 bridgehead atoms. The molecule has 1 aliphatic heterocycles. The lowest BCUT2D eigenvalue weighted by Crippen LogP contribution is -2.44. The second-order valence-electron chi connectivity index (χ2n) is 5.75. The molecule has 2 fully saturated rings. The van der Waals surface area contributed by atoms with Crippen LogP contribution in [0, 0.1) is 11.8 Å². The van der Waals surface area contributed by atoms with Crippen LogP contribution in [0.2, 0.25) is 0 Å². The van der Waals surface area contributed by atoms with Crippen molar-refractivity contribution in [2.24, 2.45) is 11.8 Å². The molecule has 1 amide bonds. The second kappa shape index (κ2) is 7.10. The molecule has 1 aliphatic carbocycles. The van der Waals surface area contributed by atoms with Gasteiger partial charge in [0.2, 0.25) is 5.91 Å². The first kappa shape index (κ1) is 13.8. The summed E-state index contributed by atoms with van der Waals surface area (Å²) in [6.45, 7) is 8.66. The molecule has 0 radical (unpaired) electrons. The van der Waals surface area contributed by atoms with Gasteiger partial charge in [-0.1, -0.05) is 13.3 Å². The lowest BCUT2D eigenvalue weighted by Gasteiger charge is -2.27. The van der Waals surface area contributed by atoms with E-state index in [4.69, 9.17) is 0 Å². The average molecular weight is 253 g/mol. The van der Waals surface area contributed by atoms with E-state index in [2.05, 4.69) is 22.5 Å². The fraction of sp³-hybridized carbons (Fsp3) is 0.929. The van der Waals surface area contributed by atoms with Crippen LogP contribution in [0.15, 0.2) is 0 Å². The summed E-state index contributed by atoms with van der Waals surface area (Å²) in [5, 5.41) is 6.47. The highest BCUT2D eigenvalue weighted by atomic mass is 16.1. The minimum absolute atomic E-state index is 0.282. The maximum absolute atomic E-state index is 12.0. The van der Waals surface area contributed by atoms with E-state index in [0.717, 1.165) is 52.1 Å². The number of hydrogen-bond acceptors (Lipinski definition) is 3. The van der Waals surface area contributed by atoms with Crippen molar-refractivity contribution >= 4 is 5.91 Å². The van der Waals surface area contributed by atoms with Gasteiger partial charge in [0.05, 0.1) is 0 Å². The zero-order valence-electron chi connectivity index (χ0n) is 11.6. The lowest BCUT2D eigenvalue weighted by molar-refractivity contribution is -0.125. The van der Waals surface area contributed by atoms with Crippen molar-refractivity contribution in [1.82, 2.24) is 15.5 Å². The van der Waals surface area contributed by atoms with Crippen LogP contribution in [0.5, 0.6) is 0 Å². The van der Waals surface area contributed by atoms with E-state index < -0.39 is 0 Å². The fourth-order valence-corrected chi connectivity index (χ4v) is 3.12. The molecule has 0 aromatic carbocycles. The van der Waals surface area contributed by atoms with Crippen LogP contribution in [-0.4, -0.2) is 50.1 Å². The van der Waals surface area contributed by atoms with Gasteiger partial charge in [0.1, 0.15) is 0 Å². The maximum Gasteiger partial charge on any atom is 0.223 e. The predicted octanol–water partition coefficient (Wildman–Crippen LogP) is 0.834. The largest absolute Gasteiger partial charge is 0.356 e. The number of carbonyl (C=O) groups is 1. The molecular weight excluding hydrogens is 226 g/mol. The third kappa shape index (κ3) is 3.95. The Morgan fingerprint density at radius 1 is 1.33 bits per heavy atom. The molecule has 1 saturated heterocycles. The van der Waals surface area contributed by atoms with E-state index in [0.29, 0.717) is 11.8 Å². The van der Waals surface area contributed by atoms with Crippen molar-refractivity contribution in [3.63, 3.8) is 0 Å². The first-order chi connectivity index (χ1) is 8.77. The Bertz CT molecular complexity index is 264. The van der Waals surface area contributed by atoms with Crippen LogP contribution >= 0.6 is 0 Å². The smallest absolute Gasteiger partial charge is 0.223 e. The Morgan fingerprint density at radius 3 is 2.78 bits per heavy atom. The normalized spacial score (nSPS) is 29.4. The number of nitrogens with zero attached hydrogens (tertiary/aromatic N) is 1. The third-order valence-electron chi connectivity index (χ3n) is 4.36. The summed E-state index contributed by atoms with van der Waals surface area (Å²) in [5.74, 6) is 1.16. The Labute approximate surface area is 110 Å². The summed E-state index contributed by atoms with van der Waals surface area (Å²) in [7, 11) is 0. The number of piperazine rings is 1. The van der Waals surface area contributed by atoms with Gasteiger partial charge in [-0.15, -0.1) is 0 Å². The second-order valence-corrected chi connectivity index (χ2v) is 5.75. The summed E-state index contributed by atoms with van der Waals surface area (Å²) >= 11 is 0. The molecule has 2 unspecified atom stereocenters. The van der Waals surface area contributed by atoms with Crippen LogP contribution in [0.3, 0.4) is 0 Å². The van der Waals surface area contributed by atoms with Gasteiger partial charge in [-0.3, -0.25) is 4.79 Å². The number of carbonyl (C=O) groups excluding carboxylic acids is 1. The monoisotopic (exact) mass is 253 g/mol. The van der Waals surface area contributed by atoms with Crippen molar-refractivity contribution in [3.05, 3.63) is 0 Å². The van der Waals surface area contributed by atoms with Gasteiger partial charge in [-0.2, -0.15) is 0 Å². The Morgan fingerprint density at radius 2 is 2.11 bits per heavy atom. The van der Waals surface area contributed by atoms with E-state index in [9.17, 15) is 4.79 Å². The van der Waals surface area contributed by atoms with Crippen molar-refractivity contribution in [2.45, 2.75) is 32.6 Å². The van der Waals surface area contributed by atoms with Gasteiger partial charge in [0.25, 0.3) is 0 Å². The van der Waals surface area contributed by atoms with Crippen LogP contribution in [0.1, 0.15) is 32.6 Å². The first-order valence-electron chi connectivity index (χ1n) is 7.48. The Hall–Kier alpha value is -0.610. The highest BCUT2D eigenvalue weighted by Crippen LogP contribution is 2.30. The molecule has 1 heterocycles. The molecule has 0 spiro atoms. The van der Waals surface area contributed by atoms with Crippen molar-refractivity contribution in [2.75, 3.05) is 39.3 Å². The van der Waals surface area contributed by atoms with Gasteiger partial charge in [-0.25, -0.2) is 0 Å². The highest BCUT2D eigenvalue weighted by Gasteiger charge is 2.29. The van der Waals surface area contributed by atoms with Crippen LogP contribution < -0.4 is 10.6 Å². The van der Waals surface area contributed by atoms with E-state index >= 15 is 0 Å². The Kier molecular flexibility index (Phi) is 5.45. The first-order valence-corrected chi connectivity index (χ1v) is 7.48. The topological polar surface area (TPSA) is 44.4 Å². The third-order valence-corrected chi connectivity index (χ3v) is 4.36. The van der Waals surface area contributed by atoms with E-state index in [1.165, 1.54) is 12.8 Å². The maximum atomic E-state index is 12.0. The molecule has 104 valence electrons. The molecule has 4 heteroatoms. The van der Waals surface area contributed by atoms with E-state index in [-0.39, 0.29) is 5.92 Å². The summed E-state index contributed by atoms with van der Waals surface area (Å²) in [4.78, 5) is 14.4. The van der Waals surface area contributed by atoms with Crippen LogP contribution in [0.4, 0.5) is 0 Å². The molecule has 2 aliphatic rings. The lowest BCUT2D eigenvalue weighted by atomic mass is 9.97. The molecule has 1 saturated carbocycles. The predicted molar refractivity (Wildman–Crippen MR) is 73.4 cm³/mol. The summed E-state index contributed by atoms with van der Waals surface area (Å²) in [5.41, 5.74) is 0. The molecule has 0 aromatic heterocycles. The van der Waals surface area contributed by atoms with Crippen LogP contribution in [0.25, 0.3) is 0 Å². The van der Waals surface area contributed by atoms with Gasteiger partial charge in [-0.05, 0) is 31.7 Å². The highest BCUT2D eigenvalue weighted by molar-refractivity contribution is 5.79. The molecular formula is C14H27N3O. The molecule has 0 aromatic rings. The average Bonchev–Trinajstić information content (AvgIpc) is 2.82. The minimum Gasteiger partial charge on any atom is -0.356 e. The van der Waals surface area contributed by atoms with Gasteiger partial charge in [0, 0.05) is 38.6 Å². The van der Waals surface area contributed by atoms with Crippen molar-refractivity contribution < 1.29 is 4.79 Å². The van der Waals surface area contributed by atoms with Gasteiger partial charge >= 0.3 is 0 Å². The van der Waals surface area contributed by atoms with Crippen molar-refractivity contribution in [3.8, 4) is 0 Å². The Balaban J connectivity index is 1.56. The molecule has 2 rings (SSSR count). The molecule has 2 N–H and O–H groups in total. The quantitative estimate of drug-likeness (QED) is 0.714. The standard InChI is InChI=1S/C14H27N3O/c1-12-4-2-5-13(12)14(18)16-6-3-9-17-10-7-15-8-11-17/h12-13,15H,2-11H2,1H3,(H,16,18). The van der Waals surface area contributed by atoms with Gasteiger partial charge < -0.3 is 15.5 Å². The number of amides is 1. The van der Waals surface area contributed by atoms with E-state index in [1.807, 2.05) is 0 Å². The summed E-state index contributed by atoms with van der Waals surface area (Å²) in [6, 6.07) is 0. The minimum atomic E-state index is 0.282. The zero-order chi connectivity index (χ0) is 12.8. The molecule has 4 nitrogen and oxygen atoms in total. The number of nitrogens with one attached hydrogen (secondary N) is 2. The molecule has 18 heavy (non-hydrogen) atoms. The van der Waals surface area contributed by atoms with Gasteiger partial charge in [0.15, 0.2) is 0 Å². The summed E-state index contributed by atoms with van der Waals surface area (Å²) in [6.07, 6.45) is 4.61. The SMILES string of the molecule is CC1CCCC1C(=O)NCCCN1CCNCC1. The molecule has 2 atom stereocenters. The number of rotatable bonds is 5.